The van der Waals surface area contributed by atoms with Crippen LogP contribution in [0.4, 0.5) is 22.7 Å². The Morgan fingerprint density at radius 1 is 1.14 bits per heavy atom. The van der Waals surface area contributed by atoms with E-state index in [1.54, 1.807) is 23.5 Å². The number of fused-ring (bicyclic) bond motifs is 2. The molecule has 218 valence electrons. The molecule has 2 atom stereocenters. The van der Waals surface area contributed by atoms with Gasteiger partial charge in [0.15, 0.2) is 16.9 Å². The average Bonchev–Trinajstić information content (AvgIpc) is 3.75. The van der Waals surface area contributed by atoms with Gasteiger partial charge in [0.1, 0.15) is 17.6 Å². The van der Waals surface area contributed by atoms with Crippen molar-refractivity contribution >= 4 is 66.3 Å². The van der Waals surface area contributed by atoms with E-state index in [0.29, 0.717) is 29.6 Å². The number of nitrogens with two attached hydrogens (primary N) is 2. The molecule has 2 fully saturated rings. The van der Waals surface area contributed by atoms with Crippen molar-refractivity contribution in [3.05, 3.63) is 39.6 Å². The topological polar surface area (TPSA) is 192 Å². The van der Waals surface area contributed by atoms with Gasteiger partial charge in [-0.3, -0.25) is 9.59 Å². The van der Waals surface area contributed by atoms with Gasteiger partial charge in [-0.2, -0.15) is 14.6 Å². The Labute approximate surface area is 246 Å². The van der Waals surface area contributed by atoms with E-state index in [1.165, 1.54) is 22.2 Å². The number of morpholine rings is 1. The van der Waals surface area contributed by atoms with Gasteiger partial charge in [-0.25, -0.2) is 4.98 Å². The maximum Gasteiger partial charge on any atom is 0.256 e. The first-order valence-electron chi connectivity index (χ1n) is 13.6. The Morgan fingerprint density at radius 3 is 2.79 bits per heavy atom. The standard InChI is InChI=1S/C26H28N10O4S2/c27-14-3-1-2-4-15(14)31-26-33-24(20(23(28)38)25-29-12-30-36(25)26)32-18-9-16(34-40-18)13-11-41-22-17(37)10-19(42-21(13)22)35-5-7-39-8-6-35/h9-12,14-15,32H,1-8,27H2,(H2,28,38)(H,31,33)/t14-,15+/m1/s1. The average molecular weight is 609 g/mol. The summed E-state index contributed by atoms with van der Waals surface area (Å²) in [4.78, 5) is 36.6. The molecule has 0 radical (unpaired) electrons. The van der Waals surface area contributed by atoms with Crippen molar-refractivity contribution in [2.75, 3.05) is 41.8 Å². The first-order valence-corrected chi connectivity index (χ1v) is 15.3. The van der Waals surface area contributed by atoms with Gasteiger partial charge >= 0.3 is 0 Å². The lowest BCUT2D eigenvalue weighted by Gasteiger charge is -2.29. The SMILES string of the molecule is NC(=O)c1c(Nc2cc(-c3csc4c(=O)cc(N5CCOCC5)sc34)no2)nc(N[C@H]2CCCC[C@H]2N)n2ncnc12. The molecule has 0 spiro atoms. The Kier molecular flexibility index (Phi) is 6.97. The third-order valence-electron chi connectivity index (χ3n) is 7.59. The highest BCUT2D eigenvalue weighted by Crippen LogP contribution is 2.39. The van der Waals surface area contributed by atoms with Crippen molar-refractivity contribution in [1.82, 2.24) is 24.7 Å². The number of carbonyl (C=O) groups excluding carboxylic acids is 1. The highest BCUT2D eigenvalue weighted by atomic mass is 32.1. The van der Waals surface area contributed by atoms with Crippen molar-refractivity contribution < 1.29 is 14.1 Å². The smallest absolute Gasteiger partial charge is 0.256 e. The van der Waals surface area contributed by atoms with E-state index in [2.05, 4.69) is 35.8 Å². The van der Waals surface area contributed by atoms with Crippen LogP contribution in [0.1, 0.15) is 36.0 Å². The molecule has 1 aliphatic carbocycles. The van der Waals surface area contributed by atoms with Crippen molar-refractivity contribution in [2.45, 2.75) is 37.8 Å². The van der Waals surface area contributed by atoms with E-state index in [0.717, 1.165) is 54.0 Å². The molecule has 2 aliphatic rings. The van der Waals surface area contributed by atoms with Crippen LogP contribution in [0, 0.1) is 0 Å². The van der Waals surface area contributed by atoms with Gasteiger partial charge in [-0.15, -0.1) is 22.7 Å². The molecule has 7 rings (SSSR count). The predicted octanol–water partition coefficient (Wildman–Crippen LogP) is 2.78. The lowest BCUT2D eigenvalue weighted by Crippen LogP contribution is -2.43. The molecule has 5 aromatic rings. The summed E-state index contributed by atoms with van der Waals surface area (Å²) in [5.74, 6) is 0.0291. The van der Waals surface area contributed by atoms with Gasteiger partial charge in [0.2, 0.25) is 11.8 Å². The summed E-state index contributed by atoms with van der Waals surface area (Å²) in [5, 5.41) is 17.8. The van der Waals surface area contributed by atoms with E-state index in [9.17, 15) is 9.59 Å². The van der Waals surface area contributed by atoms with Crippen LogP contribution in [0.15, 0.2) is 33.2 Å². The summed E-state index contributed by atoms with van der Waals surface area (Å²) in [5.41, 5.74) is 13.7. The molecule has 0 aromatic carbocycles. The maximum atomic E-state index is 12.9. The third kappa shape index (κ3) is 4.85. The van der Waals surface area contributed by atoms with Crippen molar-refractivity contribution in [1.29, 1.82) is 0 Å². The van der Waals surface area contributed by atoms with Crippen LogP contribution in [0.5, 0.6) is 0 Å². The van der Waals surface area contributed by atoms with E-state index in [4.69, 9.17) is 20.7 Å². The molecule has 1 saturated heterocycles. The summed E-state index contributed by atoms with van der Waals surface area (Å²) in [6.45, 7) is 2.71. The zero-order valence-electron chi connectivity index (χ0n) is 22.4. The lowest BCUT2D eigenvalue weighted by atomic mass is 9.91. The molecule has 1 aliphatic heterocycles. The van der Waals surface area contributed by atoms with Gasteiger partial charge in [0, 0.05) is 48.2 Å². The molecule has 0 unspecified atom stereocenters. The molecule has 0 bridgehead atoms. The number of primary amides is 1. The minimum atomic E-state index is -0.729. The molecule has 42 heavy (non-hydrogen) atoms. The van der Waals surface area contributed by atoms with Crippen LogP contribution in [0.3, 0.4) is 0 Å². The second-order valence-corrected chi connectivity index (χ2v) is 12.2. The minimum Gasteiger partial charge on any atom is -0.378 e. The monoisotopic (exact) mass is 608 g/mol. The number of carbonyl (C=O) groups is 1. The predicted molar refractivity (Wildman–Crippen MR) is 161 cm³/mol. The Balaban J connectivity index is 1.23. The molecule has 14 nitrogen and oxygen atoms in total. The number of nitrogens with one attached hydrogen (secondary N) is 2. The quantitative estimate of drug-likeness (QED) is 0.212. The first-order chi connectivity index (χ1) is 20.5. The normalized spacial score (nSPS) is 19.4. The number of thiophene rings is 1. The fraction of sp³-hybridized carbons (Fsp3) is 0.385. The zero-order valence-corrected chi connectivity index (χ0v) is 24.0. The van der Waals surface area contributed by atoms with Gasteiger partial charge in [-0.1, -0.05) is 18.0 Å². The van der Waals surface area contributed by atoms with Crippen LogP contribution in [0.25, 0.3) is 26.3 Å². The fourth-order valence-corrected chi connectivity index (χ4v) is 7.79. The largest absolute Gasteiger partial charge is 0.378 e. The van der Waals surface area contributed by atoms with E-state index in [1.807, 2.05) is 5.38 Å². The fourth-order valence-electron chi connectivity index (χ4n) is 5.42. The number of rotatable bonds is 7. The Hall–Kier alpha value is -4.12. The third-order valence-corrected chi connectivity index (χ3v) is 9.92. The molecule has 5 aromatic heterocycles. The van der Waals surface area contributed by atoms with Gasteiger partial charge in [0.25, 0.3) is 5.91 Å². The number of nitrogens with zero attached hydrogens (tertiary/aromatic N) is 6. The molecular weight excluding hydrogens is 580 g/mol. The summed E-state index contributed by atoms with van der Waals surface area (Å²) in [7, 11) is 0. The Bertz CT molecular complexity index is 1840. The summed E-state index contributed by atoms with van der Waals surface area (Å²) in [6, 6.07) is 3.34. The molecule has 6 heterocycles. The lowest BCUT2D eigenvalue weighted by molar-refractivity contribution is 0.100. The highest BCUT2D eigenvalue weighted by Gasteiger charge is 2.27. The van der Waals surface area contributed by atoms with Gasteiger partial charge < -0.3 is 36.3 Å². The van der Waals surface area contributed by atoms with Crippen LogP contribution in [0.2, 0.25) is 0 Å². The van der Waals surface area contributed by atoms with E-state index >= 15 is 0 Å². The van der Waals surface area contributed by atoms with E-state index < -0.39 is 5.91 Å². The molecule has 6 N–H and O–H groups in total. The number of ether oxygens (including phenoxy) is 1. The van der Waals surface area contributed by atoms with Crippen LogP contribution < -0.4 is 32.4 Å². The Morgan fingerprint density at radius 2 is 1.98 bits per heavy atom. The van der Waals surface area contributed by atoms with Gasteiger partial charge in [0.05, 0.1) is 27.6 Å². The van der Waals surface area contributed by atoms with Crippen molar-refractivity contribution in [2.24, 2.45) is 11.5 Å². The van der Waals surface area contributed by atoms with Crippen molar-refractivity contribution in [3.63, 3.8) is 0 Å². The summed E-state index contributed by atoms with van der Waals surface area (Å²) >= 11 is 2.92. The van der Waals surface area contributed by atoms with Crippen molar-refractivity contribution in [3.8, 4) is 11.3 Å². The number of hydrogen-bond acceptors (Lipinski definition) is 14. The highest BCUT2D eigenvalue weighted by molar-refractivity contribution is 7.28. The number of aromatic nitrogens is 5. The van der Waals surface area contributed by atoms with Crippen LogP contribution in [-0.2, 0) is 4.74 Å². The zero-order chi connectivity index (χ0) is 28.8. The number of anilines is 4. The second-order valence-electron chi connectivity index (χ2n) is 10.3. The van der Waals surface area contributed by atoms with E-state index in [-0.39, 0.29) is 40.4 Å². The number of amides is 1. The van der Waals surface area contributed by atoms with Gasteiger partial charge in [-0.05, 0) is 12.8 Å². The molecule has 16 heteroatoms. The molecule has 1 saturated carbocycles. The van der Waals surface area contributed by atoms with Crippen LogP contribution in [-0.4, -0.2) is 69.0 Å². The van der Waals surface area contributed by atoms with Crippen LogP contribution >= 0.6 is 22.7 Å². The molecule has 1 amide bonds. The number of hydrogen-bond donors (Lipinski definition) is 4. The molecular formula is C26H28N10O4S2. The summed E-state index contributed by atoms with van der Waals surface area (Å²) < 4.78 is 14.0. The maximum absolute atomic E-state index is 12.9. The minimum absolute atomic E-state index is 0.0100. The first kappa shape index (κ1) is 26.8. The summed E-state index contributed by atoms with van der Waals surface area (Å²) in [6.07, 6.45) is 5.26. The second kappa shape index (κ2) is 10.9.